The van der Waals surface area contributed by atoms with Gasteiger partial charge in [0.2, 0.25) is 4.77 Å². The summed E-state index contributed by atoms with van der Waals surface area (Å²) < 4.78 is 8.19. The van der Waals surface area contributed by atoms with Gasteiger partial charge in [-0.25, -0.2) is 0 Å². The smallest absolute Gasteiger partial charge is 0.216 e. The summed E-state index contributed by atoms with van der Waals surface area (Å²) in [5, 5.41) is 11.8. The fourth-order valence-corrected chi connectivity index (χ4v) is 3.43. The first-order valence-corrected chi connectivity index (χ1v) is 11.1. The first kappa shape index (κ1) is 22.0. The van der Waals surface area contributed by atoms with E-state index in [4.69, 9.17) is 17.0 Å². The van der Waals surface area contributed by atoms with Crippen LogP contribution in [0.5, 0.6) is 5.75 Å². The first-order valence-electron chi connectivity index (χ1n) is 10.7. The minimum atomic E-state index is 0.489. The lowest BCUT2D eigenvalue weighted by Crippen LogP contribution is -2.03. The zero-order chi connectivity index (χ0) is 21.0. The first-order chi connectivity index (χ1) is 14.8. The van der Waals surface area contributed by atoms with Crippen LogP contribution in [-0.2, 0) is 12.8 Å². The van der Waals surface area contributed by atoms with Gasteiger partial charge in [0, 0.05) is 12.0 Å². The van der Waals surface area contributed by atoms with Gasteiger partial charge in [-0.2, -0.15) is 14.9 Å². The third-order valence-corrected chi connectivity index (χ3v) is 5.20. The average Bonchev–Trinajstić information content (AvgIpc) is 3.14. The zero-order valence-corrected chi connectivity index (χ0v) is 18.4. The Bertz CT molecular complexity index is 978. The Kier molecular flexibility index (Phi) is 8.84. The minimum Gasteiger partial charge on any atom is -0.493 e. The van der Waals surface area contributed by atoms with Crippen LogP contribution >= 0.6 is 12.2 Å². The molecular weight excluding hydrogens is 392 g/mol. The summed E-state index contributed by atoms with van der Waals surface area (Å²) in [6, 6.07) is 18.3. The van der Waals surface area contributed by atoms with E-state index in [1.54, 1.807) is 10.9 Å². The van der Waals surface area contributed by atoms with Gasteiger partial charge in [0.25, 0.3) is 0 Å². The van der Waals surface area contributed by atoms with Gasteiger partial charge in [0.15, 0.2) is 5.82 Å². The second kappa shape index (κ2) is 12.1. The number of aromatic amines is 1. The van der Waals surface area contributed by atoms with E-state index in [-0.39, 0.29) is 0 Å². The summed E-state index contributed by atoms with van der Waals surface area (Å²) in [6.45, 7) is 2.95. The highest BCUT2D eigenvalue weighted by Gasteiger charge is 2.06. The van der Waals surface area contributed by atoms with Crippen molar-refractivity contribution in [2.24, 2.45) is 5.10 Å². The van der Waals surface area contributed by atoms with Crippen LogP contribution in [-0.4, -0.2) is 27.7 Å². The number of unbranched alkanes of at least 4 members (excludes halogenated alkanes) is 4. The van der Waals surface area contributed by atoms with Gasteiger partial charge in [-0.3, -0.25) is 5.10 Å². The van der Waals surface area contributed by atoms with Crippen LogP contribution in [0.2, 0.25) is 0 Å². The number of H-pyrrole nitrogens is 1. The molecule has 1 N–H and O–H groups in total. The Hall–Kier alpha value is -2.73. The molecule has 1 aromatic heterocycles. The molecule has 30 heavy (non-hydrogen) atoms. The standard InChI is InChI=1S/C24H30N4OS/c1-2-3-4-5-11-18-29-22-15-10-9-14-21(22)19-25-28-23(26-27-24(28)30)17-16-20-12-7-6-8-13-20/h6-10,12-15,19H,2-5,11,16-18H2,1H3,(H,27,30)/b25-19-. The van der Waals surface area contributed by atoms with Crippen molar-refractivity contribution in [2.45, 2.75) is 51.9 Å². The van der Waals surface area contributed by atoms with Gasteiger partial charge in [-0.05, 0) is 42.8 Å². The molecule has 3 rings (SSSR count). The van der Waals surface area contributed by atoms with Crippen molar-refractivity contribution in [3.8, 4) is 5.75 Å². The van der Waals surface area contributed by atoms with Crippen molar-refractivity contribution in [2.75, 3.05) is 6.61 Å². The van der Waals surface area contributed by atoms with Crippen molar-refractivity contribution >= 4 is 18.4 Å². The molecule has 0 spiro atoms. The largest absolute Gasteiger partial charge is 0.493 e. The monoisotopic (exact) mass is 422 g/mol. The molecular formula is C24H30N4OS. The molecule has 0 fully saturated rings. The summed E-state index contributed by atoms with van der Waals surface area (Å²) in [7, 11) is 0. The predicted molar refractivity (Wildman–Crippen MR) is 125 cm³/mol. The molecule has 5 nitrogen and oxygen atoms in total. The van der Waals surface area contributed by atoms with Crippen molar-refractivity contribution in [1.29, 1.82) is 0 Å². The molecule has 0 aliphatic carbocycles. The lowest BCUT2D eigenvalue weighted by molar-refractivity contribution is 0.304. The number of benzene rings is 2. The molecule has 2 aromatic carbocycles. The lowest BCUT2D eigenvalue weighted by atomic mass is 10.1. The van der Waals surface area contributed by atoms with Crippen LogP contribution in [0.25, 0.3) is 0 Å². The van der Waals surface area contributed by atoms with E-state index in [1.807, 2.05) is 42.5 Å². The van der Waals surface area contributed by atoms with Gasteiger partial charge >= 0.3 is 0 Å². The van der Waals surface area contributed by atoms with E-state index in [0.717, 1.165) is 43.0 Å². The highest BCUT2D eigenvalue weighted by atomic mass is 32.1. The van der Waals surface area contributed by atoms with Crippen LogP contribution in [0, 0.1) is 4.77 Å². The Balaban J connectivity index is 1.63. The summed E-state index contributed by atoms with van der Waals surface area (Å²) in [4.78, 5) is 0. The highest BCUT2D eigenvalue weighted by molar-refractivity contribution is 7.71. The van der Waals surface area contributed by atoms with Crippen molar-refractivity contribution in [1.82, 2.24) is 14.9 Å². The van der Waals surface area contributed by atoms with Crippen molar-refractivity contribution in [3.05, 3.63) is 76.3 Å². The molecule has 0 bridgehead atoms. The maximum Gasteiger partial charge on any atom is 0.216 e. The Morgan fingerprint density at radius 1 is 1.00 bits per heavy atom. The van der Waals surface area contributed by atoms with E-state index < -0.39 is 0 Å². The van der Waals surface area contributed by atoms with Gasteiger partial charge in [0.1, 0.15) is 5.75 Å². The van der Waals surface area contributed by atoms with Crippen LogP contribution in [0.1, 0.15) is 56.0 Å². The summed E-state index contributed by atoms with van der Waals surface area (Å²) in [6.07, 6.45) is 9.53. The Labute approximate surface area is 183 Å². The minimum absolute atomic E-state index is 0.489. The highest BCUT2D eigenvalue weighted by Crippen LogP contribution is 2.17. The number of hydrogen-bond donors (Lipinski definition) is 1. The molecule has 6 heteroatoms. The quantitative estimate of drug-likeness (QED) is 0.223. The van der Waals surface area contributed by atoms with E-state index >= 15 is 0 Å². The number of aryl methyl sites for hydroxylation is 2. The number of nitrogens with one attached hydrogen (secondary N) is 1. The summed E-state index contributed by atoms with van der Waals surface area (Å²) >= 11 is 5.37. The van der Waals surface area contributed by atoms with Gasteiger partial charge < -0.3 is 4.74 Å². The average molecular weight is 423 g/mol. The maximum atomic E-state index is 6.00. The van der Waals surface area contributed by atoms with Crippen LogP contribution in [0.3, 0.4) is 0 Å². The second-order valence-electron chi connectivity index (χ2n) is 7.29. The normalized spacial score (nSPS) is 11.2. The van der Waals surface area contributed by atoms with Crippen LogP contribution in [0.4, 0.5) is 0 Å². The number of rotatable bonds is 12. The zero-order valence-electron chi connectivity index (χ0n) is 17.6. The predicted octanol–water partition coefficient (Wildman–Crippen LogP) is 5.96. The fraction of sp³-hybridized carbons (Fsp3) is 0.375. The van der Waals surface area contributed by atoms with Gasteiger partial charge in [-0.15, -0.1) is 0 Å². The summed E-state index contributed by atoms with van der Waals surface area (Å²) in [5.41, 5.74) is 2.20. The van der Waals surface area contributed by atoms with Gasteiger partial charge in [0.05, 0.1) is 12.8 Å². The SMILES string of the molecule is CCCCCCCOc1ccccc1/C=N\n1c(CCc2ccccc2)n[nH]c1=S. The molecule has 0 saturated heterocycles. The fourth-order valence-electron chi connectivity index (χ4n) is 3.23. The van der Waals surface area contributed by atoms with E-state index in [2.05, 4.69) is 34.4 Å². The molecule has 0 aliphatic heterocycles. The molecule has 0 atom stereocenters. The molecule has 1 heterocycles. The van der Waals surface area contributed by atoms with Crippen LogP contribution in [0.15, 0.2) is 59.7 Å². The van der Waals surface area contributed by atoms with Crippen LogP contribution < -0.4 is 4.74 Å². The van der Waals surface area contributed by atoms with Crippen molar-refractivity contribution < 1.29 is 4.74 Å². The summed E-state index contributed by atoms with van der Waals surface area (Å²) in [5.74, 6) is 1.66. The van der Waals surface area contributed by atoms with Gasteiger partial charge in [-0.1, -0.05) is 75.1 Å². The molecule has 0 unspecified atom stereocenters. The number of ether oxygens (including phenoxy) is 1. The Morgan fingerprint density at radius 2 is 1.77 bits per heavy atom. The van der Waals surface area contributed by atoms with E-state index in [0.29, 0.717) is 4.77 Å². The molecule has 0 aliphatic rings. The topological polar surface area (TPSA) is 55.2 Å². The lowest BCUT2D eigenvalue weighted by Gasteiger charge is -2.09. The number of aromatic nitrogens is 3. The molecule has 158 valence electrons. The van der Waals surface area contributed by atoms with Crippen molar-refractivity contribution in [3.63, 3.8) is 0 Å². The maximum absolute atomic E-state index is 6.00. The third kappa shape index (κ3) is 6.66. The van der Waals surface area contributed by atoms with E-state index in [9.17, 15) is 0 Å². The number of para-hydroxylation sites is 1. The second-order valence-corrected chi connectivity index (χ2v) is 7.67. The van der Waals surface area contributed by atoms with E-state index in [1.165, 1.54) is 31.2 Å². The molecule has 0 amide bonds. The Morgan fingerprint density at radius 3 is 2.60 bits per heavy atom. The number of hydrogen-bond acceptors (Lipinski definition) is 4. The molecule has 0 saturated carbocycles. The third-order valence-electron chi connectivity index (χ3n) is 4.93. The number of nitrogens with zero attached hydrogens (tertiary/aromatic N) is 3. The molecule has 3 aromatic rings. The molecule has 0 radical (unpaired) electrons.